The summed E-state index contributed by atoms with van der Waals surface area (Å²) < 4.78 is 0. The molecule has 0 aliphatic heterocycles. The third-order valence-corrected chi connectivity index (χ3v) is 3.82. The number of nitrogens with two attached hydrogens (primary N) is 1. The molecule has 0 rings (SSSR count). The molecule has 0 spiro atoms. The number of hydrogen-bond donors (Lipinski definition) is 4. The van der Waals surface area contributed by atoms with Gasteiger partial charge in [-0.15, -0.1) is 0 Å². The molecule has 0 fully saturated rings. The molecule has 5 nitrogen and oxygen atoms in total. The minimum absolute atomic E-state index is 0.232. The van der Waals surface area contributed by atoms with Gasteiger partial charge in [-0.25, -0.2) is 0 Å². The number of nitrogens with one attached hydrogen (secondary N) is 1. The Labute approximate surface area is 123 Å². The van der Waals surface area contributed by atoms with Gasteiger partial charge in [0.2, 0.25) is 0 Å². The minimum atomic E-state index is -0.241. The fourth-order valence-corrected chi connectivity index (χ4v) is 2.15. The number of amidine groups is 1. The van der Waals surface area contributed by atoms with Gasteiger partial charge in [-0.1, -0.05) is 39.3 Å². The molecule has 0 amide bonds. The van der Waals surface area contributed by atoms with Gasteiger partial charge < -0.3 is 21.4 Å². The van der Waals surface area contributed by atoms with E-state index in [4.69, 9.17) is 16.0 Å². The summed E-state index contributed by atoms with van der Waals surface area (Å²) >= 11 is 0. The molecule has 5 heteroatoms. The van der Waals surface area contributed by atoms with Crippen molar-refractivity contribution in [2.24, 2.45) is 21.7 Å². The second-order valence-corrected chi connectivity index (χ2v) is 6.99. The zero-order chi connectivity index (χ0) is 15.6. The second-order valence-electron chi connectivity index (χ2n) is 6.99. The van der Waals surface area contributed by atoms with Crippen molar-refractivity contribution in [3.8, 4) is 0 Å². The Hall–Kier alpha value is -0.810. The van der Waals surface area contributed by atoms with Crippen LogP contribution in [0.3, 0.4) is 0 Å². The summed E-state index contributed by atoms with van der Waals surface area (Å²) in [6.45, 7) is 10.6. The lowest BCUT2D eigenvalue weighted by Gasteiger charge is -2.25. The summed E-state index contributed by atoms with van der Waals surface area (Å²) in [6, 6.07) is 0. The van der Waals surface area contributed by atoms with Crippen LogP contribution in [0.4, 0.5) is 0 Å². The van der Waals surface area contributed by atoms with Crippen LogP contribution in [0.1, 0.15) is 59.8 Å². The van der Waals surface area contributed by atoms with Gasteiger partial charge in [0, 0.05) is 18.6 Å². The topological polar surface area (TPSA) is 90.9 Å². The van der Waals surface area contributed by atoms with Crippen LogP contribution >= 0.6 is 0 Å². The number of oxime groups is 1. The predicted octanol–water partition coefficient (Wildman–Crippen LogP) is 2.32. The SMILES string of the molecule is CC(C)(CCCO)CNCCCCC(C)(C)C(N)=NO. The Morgan fingerprint density at radius 1 is 1.10 bits per heavy atom. The van der Waals surface area contributed by atoms with Crippen LogP contribution in [0, 0.1) is 10.8 Å². The van der Waals surface area contributed by atoms with Crippen molar-refractivity contribution < 1.29 is 10.3 Å². The van der Waals surface area contributed by atoms with Crippen LogP contribution in [-0.2, 0) is 0 Å². The monoisotopic (exact) mass is 287 g/mol. The van der Waals surface area contributed by atoms with Crippen molar-refractivity contribution in [2.75, 3.05) is 19.7 Å². The van der Waals surface area contributed by atoms with Crippen molar-refractivity contribution in [3.63, 3.8) is 0 Å². The lowest BCUT2D eigenvalue weighted by atomic mass is 9.86. The van der Waals surface area contributed by atoms with Crippen molar-refractivity contribution >= 4 is 5.84 Å². The molecule has 20 heavy (non-hydrogen) atoms. The number of unbranched alkanes of at least 4 members (excludes halogenated alkanes) is 1. The van der Waals surface area contributed by atoms with Gasteiger partial charge in [-0.2, -0.15) is 0 Å². The molecule has 0 aliphatic carbocycles. The highest BCUT2D eigenvalue weighted by atomic mass is 16.4. The molecule has 0 saturated carbocycles. The van der Waals surface area contributed by atoms with Crippen molar-refractivity contribution in [2.45, 2.75) is 59.8 Å². The first-order valence-corrected chi connectivity index (χ1v) is 7.55. The molecule has 0 heterocycles. The number of nitrogens with zero attached hydrogens (tertiary/aromatic N) is 1. The molecule has 0 radical (unpaired) electrons. The van der Waals surface area contributed by atoms with E-state index in [0.717, 1.165) is 45.2 Å². The molecule has 0 aliphatic rings. The molecular formula is C15H33N3O2. The predicted molar refractivity (Wildman–Crippen MR) is 84.0 cm³/mol. The van der Waals surface area contributed by atoms with E-state index in [2.05, 4.69) is 24.3 Å². The zero-order valence-corrected chi connectivity index (χ0v) is 13.6. The molecule has 0 aromatic carbocycles. The van der Waals surface area contributed by atoms with E-state index in [9.17, 15) is 0 Å². The van der Waals surface area contributed by atoms with Crippen molar-refractivity contribution in [1.82, 2.24) is 5.32 Å². The Morgan fingerprint density at radius 2 is 1.75 bits per heavy atom. The first-order chi connectivity index (χ1) is 9.25. The smallest absolute Gasteiger partial charge is 0.144 e. The largest absolute Gasteiger partial charge is 0.409 e. The summed E-state index contributed by atoms with van der Waals surface area (Å²) in [6.07, 6.45) is 4.94. The van der Waals surface area contributed by atoms with Gasteiger partial charge >= 0.3 is 0 Å². The summed E-state index contributed by atoms with van der Waals surface area (Å²) in [7, 11) is 0. The van der Waals surface area contributed by atoms with E-state index in [1.807, 2.05) is 13.8 Å². The fourth-order valence-electron chi connectivity index (χ4n) is 2.15. The molecule has 0 aromatic heterocycles. The lowest BCUT2D eigenvalue weighted by Crippen LogP contribution is -2.32. The third-order valence-electron chi connectivity index (χ3n) is 3.82. The van der Waals surface area contributed by atoms with E-state index < -0.39 is 0 Å². The average Bonchev–Trinajstić information content (AvgIpc) is 2.39. The number of aliphatic hydroxyl groups excluding tert-OH is 1. The van der Waals surface area contributed by atoms with Gasteiger partial charge in [0.25, 0.3) is 0 Å². The Kier molecular flexibility index (Phi) is 8.81. The molecule has 0 atom stereocenters. The first-order valence-electron chi connectivity index (χ1n) is 7.55. The highest BCUT2D eigenvalue weighted by Gasteiger charge is 2.22. The number of aliphatic hydroxyl groups is 1. The standard InChI is InChI=1S/C15H33N3O2/c1-14(2,8-7-11-19)12-17-10-6-5-9-15(3,4)13(16)18-20/h17,19-20H,5-12H2,1-4H3,(H2,16,18). The van der Waals surface area contributed by atoms with Gasteiger partial charge in [-0.05, 0) is 37.6 Å². The van der Waals surface area contributed by atoms with Gasteiger partial charge in [0.15, 0.2) is 0 Å². The highest BCUT2D eigenvalue weighted by Crippen LogP contribution is 2.23. The van der Waals surface area contributed by atoms with E-state index >= 15 is 0 Å². The summed E-state index contributed by atoms with van der Waals surface area (Å²) in [5.41, 5.74) is 5.65. The third kappa shape index (κ3) is 8.38. The van der Waals surface area contributed by atoms with Crippen LogP contribution in [0.15, 0.2) is 5.16 Å². The van der Waals surface area contributed by atoms with Gasteiger partial charge in [0.05, 0.1) is 0 Å². The Bertz CT molecular complexity index is 289. The summed E-state index contributed by atoms with van der Waals surface area (Å²) in [5, 5.41) is 24.1. The van der Waals surface area contributed by atoms with E-state index in [1.54, 1.807) is 0 Å². The van der Waals surface area contributed by atoms with Crippen LogP contribution in [0.25, 0.3) is 0 Å². The fraction of sp³-hybridized carbons (Fsp3) is 0.933. The maximum Gasteiger partial charge on any atom is 0.144 e. The molecule has 0 aromatic rings. The summed E-state index contributed by atoms with van der Waals surface area (Å²) in [5.74, 6) is 0.301. The van der Waals surface area contributed by atoms with Gasteiger partial charge in [0.1, 0.15) is 5.84 Å². The maximum atomic E-state index is 8.85. The Morgan fingerprint density at radius 3 is 2.30 bits per heavy atom. The van der Waals surface area contributed by atoms with E-state index in [0.29, 0.717) is 5.84 Å². The molecular weight excluding hydrogens is 254 g/mol. The first kappa shape index (κ1) is 19.2. The van der Waals surface area contributed by atoms with Crippen molar-refractivity contribution in [3.05, 3.63) is 0 Å². The van der Waals surface area contributed by atoms with Gasteiger partial charge in [-0.3, -0.25) is 0 Å². The number of hydrogen-bond acceptors (Lipinski definition) is 4. The van der Waals surface area contributed by atoms with E-state index in [1.165, 1.54) is 0 Å². The Balaban J connectivity index is 3.73. The van der Waals surface area contributed by atoms with Crippen molar-refractivity contribution in [1.29, 1.82) is 0 Å². The molecule has 120 valence electrons. The lowest BCUT2D eigenvalue weighted by molar-refractivity contribution is 0.236. The highest BCUT2D eigenvalue weighted by molar-refractivity contribution is 5.85. The quantitative estimate of drug-likeness (QED) is 0.154. The zero-order valence-electron chi connectivity index (χ0n) is 13.6. The molecule has 0 bridgehead atoms. The average molecular weight is 287 g/mol. The summed E-state index contributed by atoms with van der Waals surface area (Å²) in [4.78, 5) is 0. The maximum absolute atomic E-state index is 8.85. The van der Waals surface area contributed by atoms with Crippen LogP contribution in [0.2, 0.25) is 0 Å². The van der Waals surface area contributed by atoms with E-state index in [-0.39, 0.29) is 17.4 Å². The second kappa shape index (κ2) is 9.19. The minimum Gasteiger partial charge on any atom is -0.409 e. The molecule has 0 unspecified atom stereocenters. The normalized spacial score (nSPS) is 13.8. The molecule has 5 N–H and O–H groups in total. The van der Waals surface area contributed by atoms with Crippen LogP contribution in [0.5, 0.6) is 0 Å². The van der Waals surface area contributed by atoms with Crippen LogP contribution in [-0.4, -0.2) is 35.8 Å². The molecule has 0 saturated heterocycles. The van der Waals surface area contributed by atoms with Crippen LogP contribution < -0.4 is 11.1 Å². The number of rotatable bonds is 11.